The zero-order valence-electron chi connectivity index (χ0n) is 19.7. The highest BCUT2D eigenvalue weighted by Crippen LogP contribution is 2.40. The van der Waals surface area contributed by atoms with Crippen LogP contribution in [0.3, 0.4) is 0 Å². The molecule has 0 amide bonds. The van der Waals surface area contributed by atoms with E-state index in [4.69, 9.17) is 37.9 Å². The number of carbonyl (C=O) groups excluding carboxylic acids is 3. The van der Waals surface area contributed by atoms with Gasteiger partial charge in [-0.2, -0.15) is 0 Å². The quantitative estimate of drug-likeness (QED) is 0.388. The number of methoxy groups -OCH3 is 3. The van der Waals surface area contributed by atoms with E-state index in [-0.39, 0.29) is 12.5 Å². The van der Waals surface area contributed by atoms with Gasteiger partial charge in [-0.15, -0.1) is 0 Å². The van der Waals surface area contributed by atoms with Crippen LogP contribution in [0, 0.1) is 0 Å². The van der Waals surface area contributed by atoms with Crippen LogP contribution in [0.2, 0.25) is 0 Å². The minimum absolute atomic E-state index is 0.154. The molecule has 34 heavy (non-hydrogen) atoms. The third kappa shape index (κ3) is 5.33. The van der Waals surface area contributed by atoms with Crippen LogP contribution in [0.5, 0.6) is 17.2 Å². The lowest BCUT2D eigenvalue weighted by molar-refractivity contribution is -0.236. The molecule has 0 saturated carbocycles. The number of nitrogens with zero attached hydrogens (tertiary/aromatic N) is 1. The van der Waals surface area contributed by atoms with Crippen molar-refractivity contribution in [1.29, 1.82) is 0 Å². The van der Waals surface area contributed by atoms with Crippen LogP contribution in [0.1, 0.15) is 26.3 Å². The Kier molecular flexibility index (Phi) is 7.82. The molecule has 0 unspecified atom stereocenters. The van der Waals surface area contributed by atoms with E-state index in [9.17, 15) is 14.4 Å². The molecule has 0 spiro atoms. The van der Waals surface area contributed by atoms with Gasteiger partial charge in [-0.25, -0.2) is 4.99 Å². The van der Waals surface area contributed by atoms with Crippen LogP contribution in [-0.4, -0.2) is 82.4 Å². The maximum absolute atomic E-state index is 11.9. The van der Waals surface area contributed by atoms with Crippen molar-refractivity contribution in [3.05, 3.63) is 17.7 Å². The van der Waals surface area contributed by atoms with Crippen molar-refractivity contribution in [3.8, 4) is 17.2 Å². The molecular formula is C22H27NO11. The number of aliphatic imine (C=N–C) groups is 1. The molecule has 0 N–H and O–H groups in total. The summed E-state index contributed by atoms with van der Waals surface area (Å²) >= 11 is 0. The highest BCUT2D eigenvalue weighted by atomic mass is 16.7. The zero-order valence-corrected chi connectivity index (χ0v) is 19.7. The maximum atomic E-state index is 11.9. The Balaban J connectivity index is 1.98. The number of benzene rings is 1. The fourth-order valence-corrected chi connectivity index (χ4v) is 3.74. The molecule has 0 aromatic heterocycles. The van der Waals surface area contributed by atoms with Crippen LogP contribution >= 0.6 is 0 Å². The van der Waals surface area contributed by atoms with Crippen molar-refractivity contribution in [2.45, 2.75) is 51.4 Å². The van der Waals surface area contributed by atoms with Crippen molar-refractivity contribution in [2.75, 3.05) is 27.9 Å². The van der Waals surface area contributed by atoms with E-state index in [0.29, 0.717) is 22.8 Å². The molecule has 2 heterocycles. The second kappa shape index (κ2) is 10.6. The maximum Gasteiger partial charge on any atom is 0.303 e. The second-order valence-electron chi connectivity index (χ2n) is 7.45. The molecular weight excluding hydrogens is 454 g/mol. The molecule has 1 aromatic carbocycles. The van der Waals surface area contributed by atoms with Crippen LogP contribution in [-0.2, 0) is 38.1 Å². The number of carbonyl (C=O) groups is 3. The number of fused-ring (bicyclic) bond motifs is 1. The van der Waals surface area contributed by atoms with Crippen LogP contribution in [0.15, 0.2) is 17.1 Å². The molecule has 1 saturated heterocycles. The minimum Gasteiger partial charge on any atom is -0.493 e. The standard InChI is InChI=1S/C22H27NO11/c1-10(24)30-9-16-18(31-11(2)25)19(32-12(3)26)20-22(33-16)23-21(34-20)13-7-14(27-4)17(29-6)15(8-13)28-5/h7-8,16,18-20,22H,9H2,1-6H3/t16-,18-,19+,20-,22+/m1/s1. The van der Waals surface area contributed by atoms with Gasteiger partial charge < -0.3 is 37.9 Å². The molecule has 2 aliphatic rings. The van der Waals surface area contributed by atoms with E-state index in [0.717, 1.165) is 0 Å². The van der Waals surface area contributed by atoms with E-state index in [1.165, 1.54) is 42.1 Å². The van der Waals surface area contributed by atoms with Gasteiger partial charge in [0.15, 0.2) is 36.0 Å². The largest absolute Gasteiger partial charge is 0.493 e. The lowest BCUT2D eigenvalue weighted by atomic mass is 9.98. The summed E-state index contributed by atoms with van der Waals surface area (Å²) in [7, 11) is 4.43. The van der Waals surface area contributed by atoms with E-state index >= 15 is 0 Å². The molecule has 186 valence electrons. The first-order valence-electron chi connectivity index (χ1n) is 10.4. The van der Waals surface area contributed by atoms with Gasteiger partial charge >= 0.3 is 17.9 Å². The zero-order chi connectivity index (χ0) is 25.0. The van der Waals surface area contributed by atoms with Crippen LogP contribution in [0.4, 0.5) is 0 Å². The topological polar surface area (TPSA) is 137 Å². The van der Waals surface area contributed by atoms with Crippen molar-refractivity contribution in [1.82, 2.24) is 0 Å². The average Bonchev–Trinajstić information content (AvgIpc) is 3.21. The van der Waals surface area contributed by atoms with Crippen molar-refractivity contribution < 1.29 is 52.3 Å². The predicted molar refractivity (Wildman–Crippen MR) is 114 cm³/mol. The summed E-state index contributed by atoms with van der Waals surface area (Å²) in [6, 6.07) is 3.27. The summed E-state index contributed by atoms with van der Waals surface area (Å²) < 4.78 is 44.0. The van der Waals surface area contributed by atoms with Crippen LogP contribution < -0.4 is 14.2 Å². The Hall–Kier alpha value is -3.54. The highest BCUT2D eigenvalue weighted by molar-refractivity contribution is 5.96. The number of hydrogen-bond acceptors (Lipinski definition) is 12. The highest BCUT2D eigenvalue weighted by Gasteiger charge is 2.54. The van der Waals surface area contributed by atoms with Gasteiger partial charge in [0.05, 0.1) is 21.3 Å². The van der Waals surface area contributed by atoms with Crippen molar-refractivity contribution >= 4 is 23.8 Å². The Bertz CT molecular complexity index is 951. The van der Waals surface area contributed by atoms with Crippen LogP contribution in [0.25, 0.3) is 0 Å². The SMILES string of the molecule is COc1cc(C2=N[C@H]3O[C@H](COC(C)=O)[C@@H](OC(C)=O)[C@H](OC(C)=O)[C@H]3O2)cc(OC)c1OC. The first-order chi connectivity index (χ1) is 16.2. The van der Waals surface area contributed by atoms with E-state index in [1.807, 2.05) is 0 Å². The number of rotatable bonds is 8. The van der Waals surface area contributed by atoms with Gasteiger partial charge in [-0.1, -0.05) is 0 Å². The second-order valence-corrected chi connectivity index (χ2v) is 7.45. The molecule has 12 heteroatoms. The molecule has 1 fully saturated rings. The summed E-state index contributed by atoms with van der Waals surface area (Å²) in [6.07, 6.45) is -5.01. The van der Waals surface area contributed by atoms with Gasteiger partial charge in [-0.05, 0) is 12.1 Å². The number of hydrogen-bond donors (Lipinski definition) is 0. The summed E-state index contributed by atoms with van der Waals surface area (Å²) in [5, 5.41) is 0. The van der Waals surface area contributed by atoms with Gasteiger partial charge in [0.25, 0.3) is 0 Å². The molecule has 1 aromatic rings. The van der Waals surface area contributed by atoms with E-state index < -0.39 is 48.6 Å². The smallest absolute Gasteiger partial charge is 0.303 e. The van der Waals surface area contributed by atoms with Gasteiger partial charge in [0.2, 0.25) is 11.6 Å². The third-order valence-electron chi connectivity index (χ3n) is 5.07. The molecule has 2 aliphatic heterocycles. The lowest BCUT2D eigenvalue weighted by Crippen LogP contribution is -2.60. The Labute approximate surface area is 196 Å². The van der Waals surface area contributed by atoms with Gasteiger partial charge in [-0.3, -0.25) is 14.4 Å². The number of ether oxygens (including phenoxy) is 8. The molecule has 5 atom stereocenters. The molecule has 0 radical (unpaired) electrons. The predicted octanol–water partition coefficient (Wildman–Crippen LogP) is 1.01. The number of esters is 3. The Morgan fingerprint density at radius 3 is 1.97 bits per heavy atom. The molecule has 0 bridgehead atoms. The van der Waals surface area contributed by atoms with E-state index in [1.54, 1.807) is 12.1 Å². The first kappa shape index (κ1) is 25.1. The first-order valence-corrected chi connectivity index (χ1v) is 10.4. The van der Waals surface area contributed by atoms with Gasteiger partial charge in [0.1, 0.15) is 12.7 Å². The molecule has 0 aliphatic carbocycles. The van der Waals surface area contributed by atoms with Gasteiger partial charge in [0, 0.05) is 26.3 Å². The van der Waals surface area contributed by atoms with E-state index in [2.05, 4.69) is 4.99 Å². The summed E-state index contributed by atoms with van der Waals surface area (Å²) in [5.74, 6) is -0.529. The monoisotopic (exact) mass is 481 g/mol. The normalized spacial score (nSPS) is 25.2. The summed E-state index contributed by atoms with van der Waals surface area (Å²) in [6.45, 7) is 3.40. The average molecular weight is 481 g/mol. The molecule has 3 rings (SSSR count). The van der Waals surface area contributed by atoms with Crippen molar-refractivity contribution in [3.63, 3.8) is 0 Å². The van der Waals surface area contributed by atoms with Crippen molar-refractivity contribution in [2.24, 2.45) is 4.99 Å². The summed E-state index contributed by atoms with van der Waals surface area (Å²) in [4.78, 5) is 39.5. The fraction of sp³-hybridized carbons (Fsp3) is 0.545. The lowest BCUT2D eigenvalue weighted by Gasteiger charge is -2.40. The third-order valence-corrected chi connectivity index (χ3v) is 5.07. The summed E-state index contributed by atoms with van der Waals surface area (Å²) in [5.41, 5.74) is 0.481. The Morgan fingerprint density at radius 1 is 0.882 bits per heavy atom. The Morgan fingerprint density at radius 2 is 1.47 bits per heavy atom. The molecule has 12 nitrogen and oxygen atoms in total. The minimum atomic E-state index is -1.10. The fourth-order valence-electron chi connectivity index (χ4n) is 3.74.